The number of nitrogens with zero attached hydrogens (tertiary/aromatic N) is 3. The number of hydrogen-bond donors (Lipinski definition) is 1. The van der Waals surface area contributed by atoms with Crippen LogP contribution in [0.3, 0.4) is 0 Å². The number of likely N-dealkylation sites (tertiary alicyclic amines) is 1. The molecule has 2 fully saturated rings. The number of carboxylic acids is 1. The summed E-state index contributed by atoms with van der Waals surface area (Å²) in [7, 11) is 0. The average molecular weight is 457 g/mol. The van der Waals surface area contributed by atoms with Crippen LogP contribution in [0.15, 0.2) is 35.1 Å². The third kappa shape index (κ3) is 5.82. The second-order valence-corrected chi connectivity index (χ2v) is 7.33. The fourth-order valence-corrected chi connectivity index (χ4v) is 3.59. The van der Waals surface area contributed by atoms with Crippen molar-refractivity contribution in [1.82, 2.24) is 15.0 Å². The van der Waals surface area contributed by atoms with Gasteiger partial charge in [-0.25, -0.2) is 4.79 Å². The molecule has 2 aliphatic rings. The number of carbonyl (C=O) groups excluding carboxylic acids is 1. The molecule has 9 nitrogen and oxygen atoms in total. The number of aliphatic carboxylic acids is 1. The maximum Gasteiger partial charge on any atom is 0.490 e. The zero-order chi connectivity index (χ0) is 23.3. The van der Waals surface area contributed by atoms with Crippen LogP contribution >= 0.6 is 0 Å². The molecule has 12 heteroatoms. The zero-order valence-electron chi connectivity index (χ0n) is 17.1. The van der Waals surface area contributed by atoms with Gasteiger partial charge in [-0.2, -0.15) is 13.2 Å². The number of carbonyl (C=O) groups is 2. The van der Waals surface area contributed by atoms with E-state index in [0.29, 0.717) is 31.2 Å². The van der Waals surface area contributed by atoms with Crippen LogP contribution < -0.4 is 0 Å². The summed E-state index contributed by atoms with van der Waals surface area (Å²) >= 11 is 0. The van der Waals surface area contributed by atoms with Crippen molar-refractivity contribution in [3.05, 3.63) is 47.6 Å². The minimum absolute atomic E-state index is 0.0284. The normalized spacial score (nSPS) is 22.6. The van der Waals surface area contributed by atoms with E-state index in [-0.39, 0.29) is 24.2 Å². The second-order valence-electron chi connectivity index (χ2n) is 7.33. The van der Waals surface area contributed by atoms with Crippen LogP contribution in [0.2, 0.25) is 0 Å². The molecule has 2 aromatic rings. The van der Waals surface area contributed by atoms with E-state index >= 15 is 0 Å². The summed E-state index contributed by atoms with van der Waals surface area (Å²) in [6.07, 6.45) is 0.0386. The number of carboxylic acid groups (broad SMARTS) is 1. The number of aromatic nitrogens is 2. The van der Waals surface area contributed by atoms with Crippen molar-refractivity contribution >= 4 is 11.9 Å². The molecule has 0 spiro atoms. The number of hydrogen-bond acceptors (Lipinski definition) is 7. The van der Waals surface area contributed by atoms with Crippen LogP contribution in [0, 0.1) is 6.92 Å². The molecule has 0 bridgehead atoms. The lowest BCUT2D eigenvalue weighted by atomic mass is 10.0. The van der Waals surface area contributed by atoms with Crippen LogP contribution in [-0.4, -0.2) is 69.6 Å². The first-order valence-corrected chi connectivity index (χ1v) is 9.83. The first-order valence-electron chi connectivity index (χ1n) is 9.83. The van der Waals surface area contributed by atoms with E-state index in [9.17, 15) is 18.0 Å². The smallest absolute Gasteiger partial charge is 0.475 e. The highest BCUT2D eigenvalue weighted by molar-refractivity contribution is 5.92. The molecule has 0 aromatic carbocycles. The molecule has 2 saturated heterocycles. The Bertz CT molecular complexity index is 921. The van der Waals surface area contributed by atoms with Crippen LogP contribution in [0.4, 0.5) is 13.2 Å². The fourth-order valence-electron chi connectivity index (χ4n) is 3.59. The van der Waals surface area contributed by atoms with Crippen molar-refractivity contribution < 1.29 is 41.9 Å². The number of ether oxygens (including phenoxy) is 2. The van der Waals surface area contributed by atoms with Gasteiger partial charge in [0.05, 0.1) is 19.2 Å². The summed E-state index contributed by atoms with van der Waals surface area (Å²) in [6.45, 7) is 3.47. The molecule has 2 aliphatic heterocycles. The fraction of sp³-hybridized carbons (Fsp3) is 0.500. The number of halogens is 3. The molecular formula is C20H22F3N3O6. The topological polar surface area (TPSA) is 115 Å². The van der Waals surface area contributed by atoms with Gasteiger partial charge in [-0.3, -0.25) is 9.78 Å². The van der Waals surface area contributed by atoms with Gasteiger partial charge in [0.1, 0.15) is 18.0 Å². The molecule has 174 valence electrons. The Morgan fingerprint density at radius 1 is 1.31 bits per heavy atom. The molecule has 0 aliphatic carbocycles. The largest absolute Gasteiger partial charge is 0.490 e. The SMILES string of the molecule is Cc1cc(C(=O)N2C[C@@H](OCc3ccncc3)[C@H]3OCCC[C@H]32)no1.O=C(O)C(F)(F)F. The first-order chi connectivity index (χ1) is 15.2. The van der Waals surface area contributed by atoms with Crippen LogP contribution in [0.1, 0.15) is 34.7 Å². The zero-order valence-corrected chi connectivity index (χ0v) is 17.1. The number of rotatable bonds is 4. The second kappa shape index (κ2) is 10.1. The molecule has 4 heterocycles. The van der Waals surface area contributed by atoms with Crippen molar-refractivity contribution in [2.75, 3.05) is 13.2 Å². The van der Waals surface area contributed by atoms with Crippen LogP contribution in [0.5, 0.6) is 0 Å². The van der Waals surface area contributed by atoms with Gasteiger partial charge in [0, 0.05) is 25.1 Å². The summed E-state index contributed by atoms with van der Waals surface area (Å²) in [4.78, 5) is 27.6. The van der Waals surface area contributed by atoms with Gasteiger partial charge < -0.3 is 24.0 Å². The van der Waals surface area contributed by atoms with E-state index in [1.807, 2.05) is 17.0 Å². The van der Waals surface area contributed by atoms with Gasteiger partial charge in [-0.1, -0.05) is 5.16 Å². The van der Waals surface area contributed by atoms with E-state index < -0.39 is 12.1 Å². The Hall–Kier alpha value is -2.99. The summed E-state index contributed by atoms with van der Waals surface area (Å²) in [5.41, 5.74) is 1.40. The van der Waals surface area contributed by atoms with Crippen molar-refractivity contribution in [1.29, 1.82) is 0 Å². The summed E-state index contributed by atoms with van der Waals surface area (Å²) in [5, 5.41) is 11.0. The van der Waals surface area contributed by atoms with Crippen molar-refractivity contribution in [3.63, 3.8) is 0 Å². The molecule has 0 radical (unpaired) electrons. The molecular weight excluding hydrogens is 435 g/mol. The van der Waals surface area contributed by atoms with E-state index in [1.165, 1.54) is 0 Å². The molecule has 0 unspecified atom stereocenters. The number of pyridine rings is 1. The van der Waals surface area contributed by atoms with Gasteiger partial charge in [0.15, 0.2) is 5.69 Å². The Morgan fingerprint density at radius 3 is 2.59 bits per heavy atom. The average Bonchev–Trinajstić information content (AvgIpc) is 3.36. The maximum atomic E-state index is 12.8. The Balaban J connectivity index is 0.000000360. The van der Waals surface area contributed by atoms with Gasteiger partial charge in [-0.15, -0.1) is 0 Å². The number of alkyl halides is 3. The first kappa shape index (κ1) is 23.7. The lowest BCUT2D eigenvalue weighted by Crippen LogP contribution is -2.44. The minimum Gasteiger partial charge on any atom is -0.475 e. The summed E-state index contributed by atoms with van der Waals surface area (Å²) in [5.74, 6) is -2.25. The summed E-state index contributed by atoms with van der Waals surface area (Å²) < 4.78 is 48.8. The third-order valence-electron chi connectivity index (χ3n) is 5.04. The van der Waals surface area contributed by atoms with Gasteiger partial charge in [0.25, 0.3) is 5.91 Å². The molecule has 3 atom stereocenters. The van der Waals surface area contributed by atoms with Crippen molar-refractivity contribution in [3.8, 4) is 0 Å². The predicted molar refractivity (Wildman–Crippen MR) is 102 cm³/mol. The maximum absolute atomic E-state index is 12.8. The van der Waals surface area contributed by atoms with Gasteiger partial charge in [-0.05, 0) is 37.5 Å². The quantitative estimate of drug-likeness (QED) is 0.745. The van der Waals surface area contributed by atoms with Gasteiger partial charge in [0.2, 0.25) is 0 Å². The van der Waals surface area contributed by atoms with Crippen LogP contribution in [-0.2, 0) is 20.9 Å². The molecule has 32 heavy (non-hydrogen) atoms. The third-order valence-corrected chi connectivity index (χ3v) is 5.04. The molecule has 1 N–H and O–H groups in total. The lowest BCUT2D eigenvalue weighted by molar-refractivity contribution is -0.192. The van der Waals surface area contributed by atoms with E-state index in [0.717, 1.165) is 18.4 Å². The molecule has 1 amide bonds. The number of amides is 1. The monoisotopic (exact) mass is 457 g/mol. The highest BCUT2D eigenvalue weighted by Gasteiger charge is 2.47. The molecule has 2 aromatic heterocycles. The predicted octanol–water partition coefficient (Wildman–Crippen LogP) is 2.60. The van der Waals surface area contributed by atoms with E-state index in [1.54, 1.807) is 25.4 Å². The highest BCUT2D eigenvalue weighted by atomic mass is 19.4. The standard InChI is InChI=1S/C18H21N3O4.C2HF3O2/c1-12-9-14(20-25-12)18(22)21-10-16(17-15(21)3-2-8-23-17)24-11-13-4-6-19-7-5-13;3-2(4,5)1(6)7/h4-7,9,15-17H,2-3,8,10-11H2,1H3;(H,6,7)/t15-,16-,17+;/m1./s1. The molecule has 4 rings (SSSR count). The number of aryl methyl sites for hydroxylation is 1. The Labute approximate surface area is 181 Å². The summed E-state index contributed by atoms with van der Waals surface area (Å²) in [6, 6.07) is 5.55. The number of fused-ring (bicyclic) bond motifs is 1. The Kier molecular flexibility index (Phi) is 7.46. The van der Waals surface area contributed by atoms with Gasteiger partial charge >= 0.3 is 12.1 Å². The van der Waals surface area contributed by atoms with E-state index in [2.05, 4.69) is 10.1 Å². The van der Waals surface area contributed by atoms with Crippen molar-refractivity contribution in [2.45, 2.75) is 50.8 Å². The Morgan fingerprint density at radius 2 is 2.00 bits per heavy atom. The van der Waals surface area contributed by atoms with Crippen LogP contribution in [0.25, 0.3) is 0 Å². The highest BCUT2D eigenvalue weighted by Crippen LogP contribution is 2.32. The minimum atomic E-state index is -5.08. The lowest BCUT2D eigenvalue weighted by Gasteiger charge is -2.31. The van der Waals surface area contributed by atoms with E-state index in [4.69, 9.17) is 23.9 Å². The molecule has 0 saturated carbocycles. The van der Waals surface area contributed by atoms with Crippen molar-refractivity contribution in [2.24, 2.45) is 0 Å².